The molecule has 6 heteroatoms. The fraction of sp³-hybridized carbons (Fsp3) is 0.381. The van der Waals surface area contributed by atoms with Crippen molar-refractivity contribution in [2.24, 2.45) is 0 Å². The summed E-state index contributed by atoms with van der Waals surface area (Å²) < 4.78 is 0. The minimum atomic E-state index is 0.00337. The van der Waals surface area contributed by atoms with Gasteiger partial charge in [0.05, 0.1) is 16.6 Å². The van der Waals surface area contributed by atoms with Gasteiger partial charge in [-0.1, -0.05) is 26.0 Å². The number of anilines is 2. The van der Waals surface area contributed by atoms with Crippen molar-refractivity contribution in [3.05, 3.63) is 46.6 Å². The molecule has 0 aliphatic rings. The number of hydrogen-bond acceptors (Lipinski definition) is 5. The molecule has 2 aromatic carbocycles. The molecule has 0 spiro atoms. The quantitative estimate of drug-likeness (QED) is 0.265. The maximum absolute atomic E-state index is 13.0. The zero-order valence-corrected chi connectivity index (χ0v) is 16.1. The minimum absolute atomic E-state index is 0.00337. The van der Waals surface area contributed by atoms with E-state index in [9.17, 15) is 4.79 Å². The number of rotatable bonds is 9. The Bertz CT molecular complexity index is 962. The van der Waals surface area contributed by atoms with Crippen molar-refractivity contribution in [3.8, 4) is 0 Å². The van der Waals surface area contributed by atoms with Gasteiger partial charge in [-0.15, -0.1) is 0 Å². The molecule has 3 aromatic rings. The van der Waals surface area contributed by atoms with Crippen molar-refractivity contribution in [3.63, 3.8) is 0 Å². The first kappa shape index (κ1) is 19.2. The summed E-state index contributed by atoms with van der Waals surface area (Å²) in [5, 5.41) is 8.13. The van der Waals surface area contributed by atoms with Crippen molar-refractivity contribution in [1.82, 2.24) is 15.2 Å². The molecule has 0 atom stereocenters. The van der Waals surface area contributed by atoms with Gasteiger partial charge < -0.3 is 26.3 Å². The molecule has 0 bridgehead atoms. The molecule has 0 unspecified atom stereocenters. The third kappa shape index (κ3) is 4.23. The molecule has 144 valence electrons. The van der Waals surface area contributed by atoms with Crippen LogP contribution in [0.5, 0.6) is 0 Å². The van der Waals surface area contributed by atoms with Crippen LogP contribution in [0, 0.1) is 0 Å². The van der Waals surface area contributed by atoms with Gasteiger partial charge in [-0.3, -0.25) is 4.79 Å². The maximum atomic E-state index is 13.0. The summed E-state index contributed by atoms with van der Waals surface area (Å²) in [6.07, 6.45) is 0. The van der Waals surface area contributed by atoms with Crippen LogP contribution >= 0.6 is 0 Å². The van der Waals surface area contributed by atoms with E-state index in [2.05, 4.69) is 34.4 Å². The highest BCUT2D eigenvalue weighted by molar-refractivity contribution is 6.04. The molecular weight excluding hydrogens is 338 g/mol. The summed E-state index contributed by atoms with van der Waals surface area (Å²) >= 11 is 0. The molecule has 0 aliphatic heterocycles. The normalized spacial score (nSPS) is 11.5. The van der Waals surface area contributed by atoms with E-state index in [1.54, 1.807) is 0 Å². The largest absolute Gasteiger partial charge is 0.397 e. The minimum Gasteiger partial charge on any atom is -0.397 e. The van der Waals surface area contributed by atoms with Gasteiger partial charge in [-0.25, -0.2) is 0 Å². The number of nitrogens with one attached hydrogen (secondary N) is 3. The number of nitrogens with two attached hydrogens (primary N) is 1. The van der Waals surface area contributed by atoms with Crippen LogP contribution in [-0.4, -0.2) is 49.2 Å². The Kier molecular flexibility index (Phi) is 6.32. The zero-order chi connectivity index (χ0) is 19.2. The van der Waals surface area contributed by atoms with Crippen molar-refractivity contribution in [1.29, 1.82) is 0 Å². The van der Waals surface area contributed by atoms with Crippen LogP contribution < -0.4 is 21.8 Å². The standard InChI is InChI=1S/C21H29N5O/c1-3-26(4-2)14-13-23-11-12-24-18-10-9-16(22)20-19(18)21(27)15-7-5-6-8-17(15)25-20/h5-10,23-24H,3-4,11-14,22H2,1-2H3,(H,25,27). The van der Waals surface area contributed by atoms with E-state index >= 15 is 0 Å². The smallest absolute Gasteiger partial charge is 0.199 e. The number of benzene rings is 2. The Labute approximate surface area is 159 Å². The number of fused-ring (bicyclic) bond motifs is 2. The highest BCUT2D eigenvalue weighted by atomic mass is 16.1. The van der Waals surface area contributed by atoms with E-state index in [0.717, 1.165) is 50.5 Å². The first-order chi connectivity index (χ1) is 13.2. The van der Waals surface area contributed by atoms with Gasteiger partial charge in [-0.2, -0.15) is 0 Å². The molecule has 0 saturated carbocycles. The average Bonchev–Trinajstić information content (AvgIpc) is 2.69. The number of nitrogens with zero attached hydrogens (tertiary/aromatic N) is 1. The highest BCUT2D eigenvalue weighted by Crippen LogP contribution is 2.26. The molecule has 0 radical (unpaired) electrons. The number of likely N-dealkylation sites (N-methyl/N-ethyl adjacent to an activating group) is 1. The number of pyridine rings is 1. The summed E-state index contributed by atoms with van der Waals surface area (Å²) in [4.78, 5) is 18.7. The molecule has 0 saturated heterocycles. The van der Waals surface area contributed by atoms with E-state index in [0.29, 0.717) is 22.0 Å². The second kappa shape index (κ2) is 8.88. The topological polar surface area (TPSA) is 86.2 Å². The first-order valence-corrected chi connectivity index (χ1v) is 9.65. The van der Waals surface area contributed by atoms with Gasteiger partial charge in [0, 0.05) is 42.8 Å². The highest BCUT2D eigenvalue weighted by Gasteiger charge is 2.11. The third-order valence-corrected chi connectivity index (χ3v) is 5.01. The summed E-state index contributed by atoms with van der Waals surface area (Å²) in [5.74, 6) is 0. The zero-order valence-electron chi connectivity index (χ0n) is 16.1. The Morgan fingerprint density at radius 1 is 1.04 bits per heavy atom. The Hall–Kier alpha value is -2.57. The lowest BCUT2D eigenvalue weighted by atomic mass is 10.1. The van der Waals surface area contributed by atoms with Crippen molar-refractivity contribution >= 4 is 33.2 Å². The van der Waals surface area contributed by atoms with Crippen molar-refractivity contribution in [2.45, 2.75) is 13.8 Å². The van der Waals surface area contributed by atoms with E-state index in [1.165, 1.54) is 0 Å². The summed E-state index contributed by atoms with van der Waals surface area (Å²) in [6.45, 7) is 10.1. The van der Waals surface area contributed by atoms with Crippen LogP contribution in [-0.2, 0) is 0 Å². The molecule has 3 rings (SSSR count). The Morgan fingerprint density at radius 2 is 1.81 bits per heavy atom. The monoisotopic (exact) mass is 367 g/mol. The van der Waals surface area contributed by atoms with E-state index < -0.39 is 0 Å². The van der Waals surface area contributed by atoms with E-state index in [-0.39, 0.29) is 5.43 Å². The van der Waals surface area contributed by atoms with Gasteiger partial charge in [0.15, 0.2) is 5.43 Å². The summed E-state index contributed by atoms with van der Waals surface area (Å²) in [5.41, 5.74) is 9.01. The van der Waals surface area contributed by atoms with Crippen LogP contribution in [0.25, 0.3) is 21.8 Å². The van der Waals surface area contributed by atoms with Crippen LogP contribution in [0.15, 0.2) is 41.2 Å². The lowest BCUT2D eigenvalue weighted by Gasteiger charge is -2.18. The molecule has 0 amide bonds. The number of aromatic amines is 1. The van der Waals surface area contributed by atoms with Crippen LogP contribution in [0.1, 0.15) is 13.8 Å². The molecule has 6 nitrogen and oxygen atoms in total. The molecule has 1 heterocycles. The third-order valence-electron chi connectivity index (χ3n) is 5.01. The lowest BCUT2D eigenvalue weighted by molar-refractivity contribution is 0.303. The van der Waals surface area contributed by atoms with E-state index in [4.69, 9.17) is 5.73 Å². The van der Waals surface area contributed by atoms with E-state index in [1.807, 2.05) is 36.4 Å². The van der Waals surface area contributed by atoms with Crippen molar-refractivity contribution in [2.75, 3.05) is 50.3 Å². The SMILES string of the molecule is CCN(CC)CCNCCNc1ccc(N)c2[nH]c3ccccc3c(=O)c12. The second-order valence-corrected chi connectivity index (χ2v) is 6.66. The number of para-hydroxylation sites is 1. The fourth-order valence-corrected chi connectivity index (χ4v) is 3.38. The predicted octanol–water partition coefficient (Wildman–Crippen LogP) is 2.61. The van der Waals surface area contributed by atoms with Crippen LogP contribution in [0.4, 0.5) is 11.4 Å². The summed E-state index contributed by atoms with van der Waals surface area (Å²) in [7, 11) is 0. The summed E-state index contributed by atoms with van der Waals surface area (Å²) in [6, 6.07) is 11.3. The first-order valence-electron chi connectivity index (χ1n) is 9.65. The van der Waals surface area contributed by atoms with Crippen molar-refractivity contribution < 1.29 is 0 Å². The number of nitrogen functional groups attached to an aromatic ring is 1. The molecule has 5 N–H and O–H groups in total. The fourth-order valence-electron chi connectivity index (χ4n) is 3.38. The Morgan fingerprint density at radius 3 is 2.59 bits per heavy atom. The molecule has 1 aromatic heterocycles. The van der Waals surface area contributed by atoms with Gasteiger partial charge in [0.25, 0.3) is 0 Å². The number of hydrogen-bond donors (Lipinski definition) is 4. The molecule has 0 fully saturated rings. The predicted molar refractivity (Wildman–Crippen MR) is 116 cm³/mol. The lowest BCUT2D eigenvalue weighted by Crippen LogP contribution is -2.33. The maximum Gasteiger partial charge on any atom is 0.199 e. The van der Waals surface area contributed by atoms with Crippen LogP contribution in [0.2, 0.25) is 0 Å². The van der Waals surface area contributed by atoms with Gasteiger partial charge >= 0.3 is 0 Å². The second-order valence-electron chi connectivity index (χ2n) is 6.66. The average molecular weight is 367 g/mol. The van der Waals surface area contributed by atoms with Gasteiger partial charge in [0.1, 0.15) is 0 Å². The molecule has 0 aliphatic carbocycles. The Balaban J connectivity index is 1.73. The van der Waals surface area contributed by atoms with Crippen LogP contribution in [0.3, 0.4) is 0 Å². The number of H-pyrrole nitrogens is 1. The van der Waals surface area contributed by atoms with Gasteiger partial charge in [0.2, 0.25) is 0 Å². The molecular formula is C21H29N5O. The van der Waals surface area contributed by atoms with Gasteiger partial charge in [-0.05, 0) is 37.4 Å². The molecule has 27 heavy (non-hydrogen) atoms. The number of aromatic nitrogens is 1.